The number of amides is 1. The number of hydrogen-bond donors (Lipinski definition) is 3. The molecule has 3 rings (SSSR count). The van der Waals surface area contributed by atoms with Gasteiger partial charge in [-0.05, 0) is 29.7 Å². The van der Waals surface area contributed by atoms with Crippen LogP contribution >= 0.6 is 11.6 Å². The van der Waals surface area contributed by atoms with E-state index >= 15 is 0 Å². The van der Waals surface area contributed by atoms with Gasteiger partial charge in [0, 0.05) is 11.1 Å². The summed E-state index contributed by atoms with van der Waals surface area (Å²) in [6.45, 7) is 0. The number of phenolic OH excluding ortho intramolecular Hbond substituents is 1. The predicted molar refractivity (Wildman–Crippen MR) is 94.8 cm³/mol. The van der Waals surface area contributed by atoms with Crippen molar-refractivity contribution in [3.63, 3.8) is 0 Å². The van der Waals surface area contributed by atoms with Gasteiger partial charge in [-0.1, -0.05) is 41.9 Å². The van der Waals surface area contributed by atoms with Gasteiger partial charge in [0.1, 0.15) is 5.75 Å². The van der Waals surface area contributed by atoms with Crippen LogP contribution in [0.25, 0.3) is 10.8 Å². The number of fused-ring (bicyclic) bond motifs is 1. The maximum atomic E-state index is 12.5. The molecule has 0 saturated heterocycles. The molecule has 0 aliphatic heterocycles. The molecule has 0 fully saturated rings. The Balaban J connectivity index is 2.00. The first-order valence-electron chi connectivity index (χ1n) is 7.06. The van der Waals surface area contributed by atoms with Crippen molar-refractivity contribution in [2.45, 2.75) is 4.90 Å². The third kappa shape index (κ3) is 3.43. The zero-order chi connectivity index (χ0) is 18.2. The lowest BCUT2D eigenvalue weighted by atomic mass is 10.0. The van der Waals surface area contributed by atoms with Crippen LogP contribution in [0.5, 0.6) is 5.75 Å². The molecule has 0 bridgehead atoms. The molecule has 0 saturated carbocycles. The van der Waals surface area contributed by atoms with Gasteiger partial charge >= 0.3 is 0 Å². The maximum absolute atomic E-state index is 12.5. The van der Waals surface area contributed by atoms with Crippen molar-refractivity contribution in [1.29, 1.82) is 0 Å². The highest BCUT2D eigenvalue weighted by Crippen LogP contribution is 2.35. The van der Waals surface area contributed by atoms with Crippen LogP contribution in [0.1, 0.15) is 10.4 Å². The number of nitrogens with one attached hydrogen (secondary N) is 1. The topological polar surface area (TPSA) is 104 Å². The van der Waals surface area contributed by atoms with Crippen LogP contribution in [-0.2, 0) is 10.1 Å². The molecule has 0 heterocycles. The standard InChI is InChI=1S/C17H12ClNO5S/c18-15-13-7-2-1-4-10(13)8-14(16(15)20)17(21)19-11-5-3-6-12(9-11)25(22,23)24/h1-9,20H,(H,19,21)(H,22,23,24). The van der Waals surface area contributed by atoms with E-state index in [2.05, 4.69) is 5.32 Å². The molecule has 0 spiro atoms. The summed E-state index contributed by atoms with van der Waals surface area (Å²) in [6.07, 6.45) is 0. The number of hydrogen-bond acceptors (Lipinski definition) is 4. The van der Waals surface area contributed by atoms with E-state index in [1.807, 2.05) is 0 Å². The van der Waals surface area contributed by atoms with Crippen molar-refractivity contribution in [1.82, 2.24) is 0 Å². The number of rotatable bonds is 3. The molecule has 0 aliphatic rings. The third-order valence-corrected chi connectivity index (χ3v) is 4.83. The minimum atomic E-state index is -4.39. The fourth-order valence-corrected chi connectivity index (χ4v) is 3.20. The van der Waals surface area contributed by atoms with E-state index in [1.54, 1.807) is 24.3 Å². The van der Waals surface area contributed by atoms with E-state index in [1.165, 1.54) is 24.3 Å². The molecule has 25 heavy (non-hydrogen) atoms. The minimum absolute atomic E-state index is 0.0509. The van der Waals surface area contributed by atoms with Gasteiger partial charge in [-0.3, -0.25) is 9.35 Å². The first-order valence-corrected chi connectivity index (χ1v) is 8.88. The Morgan fingerprint density at radius 2 is 1.76 bits per heavy atom. The van der Waals surface area contributed by atoms with Crippen molar-refractivity contribution in [3.05, 3.63) is 65.2 Å². The predicted octanol–water partition coefficient (Wildman–Crippen LogP) is 3.70. The molecular weight excluding hydrogens is 366 g/mol. The van der Waals surface area contributed by atoms with Gasteiger partial charge < -0.3 is 10.4 Å². The number of phenols is 1. The Morgan fingerprint density at radius 1 is 1.04 bits per heavy atom. The van der Waals surface area contributed by atoms with Gasteiger partial charge in [0.05, 0.1) is 15.5 Å². The van der Waals surface area contributed by atoms with Crippen molar-refractivity contribution in [3.8, 4) is 5.75 Å². The maximum Gasteiger partial charge on any atom is 0.294 e. The zero-order valence-corrected chi connectivity index (χ0v) is 14.2. The average molecular weight is 378 g/mol. The normalized spacial score (nSPS) is 11.4. The summed E-state index contributed by atoms with van der Waals surface area (Å²) in [5.41, 5.74) is 0.0877. The molecule has 0 aromatic heterocycles. The molecule has 1 amide bonds. The highest BCUT2D eigenvalue weighted by molar-refractivity contribution is 7.85. The number of carbonyl (C=O) groups is 1. The van der Waals surface area contributed by atoms with E-state index in [4.69, 9.17) is 16.2 Å². The summed E-state index contributed by atoms with van der Waals surface area (Å²) in [5, 5.41) is 14.0. The lowest BCUT2D eigenvalue weighted by Gasteiger charge is -2.11. The largest absolute Gasteiger partial charge is 0.506 e. The quantitative estimate of drug-likeness (QED) is 0.604. The van der Waals surface area contributed by atoms with Gasteiger partial charge in [0.2, 0.25) is 0 Å². The van der Waals surface area contributed by atoms with Crippen molar-refractivity contribution in [2.24, 2.45) is 0 Å². The lowest BCUT2D eigenvalue weighted by Crippen LogP contribution is -2.13. The molecule has 0 aliphatic carbocycles. The zero-order valence-electron chi connectivity index (χ0n) is 12.6. The first kappa shape index (κ1) is 17.2. The third-order valence-electron chi connectivity index (χ3n) is 3.59. The monoisotopic (exact) mass is 377 g/mol. The Kier molecular flexibility index (Phi) is 4.38. The van der Waals surface area contributed by atoms with Crippen LogP contribution in [0.3, 0.4) is 0 Å². The number of halogens is 1. The molecule has 128 valence electrons. The van der Waals surface area contributed by atoms with Gasteiger partial charge in [-0.2, -0.15) is 8.42 Å². The molecule has 0 atom stereocenters. The van der Waals surface area contributed by atoms with Crippen molar-refractivity contribution < 1.29 is 22.9 Å². The first-order chi connectivity index (χ1) is 11.8. The second-order valence-electron chi connectivity index (χ2n) is 5.26. The summed E-state index contributed by atoms with van der Waals surface area (Å²) in [6, 6.07) is 13.6. The van der Waals surface area contributed by atoms with Gasteiger partial charge in [-0.15, -0.1) is 0 Å². The summed E-state index contributed by atoms with van der Waals surface area (Å²) < 4.78 is 31.4. The molecule has 8 heteroatoms. The Morgan fingerprint density at radius 3 is 2.48 bits per heavy atom. The summed E-state index contributed by atoms with van der Waals surface area (Å²) in [5.74, 6) is -1.04. The van der Waals surface area contributed by atoms with E-state index in [9.17, 15) is 18.3 Å². The van der Waals surface area contributed by atoms with Crippen LogP contribution in [-0.4, -0.2) is 24.0 Å². The van der Waals surface area contributed by atoms with E-state index in [0.29, 0.717) is 10.8 Å². The average Bonchev–Trinajstić information content (AvgIpc) is 2.57. The van der Waals surface area contributed by atoms with Crippen LogP contribution in [0.15, 0.2) is 59.5 Å². The number of benzene rings is 3. The van der Waals surface area contributed by atoms with Crippen LogP contribution in [0.4, 0.5) is 5.69 Å². The SMILES string of the molecule is O=C(Nc1cccc(S(=O)(=O)O)c1)c1cc2ccccc2c(Cl)c1O. The van der Waals surface area contributed by atoms with E-state index in [0.717, 1.165) is 6.07 Å². The van der Waals surface area contributed by atoms with Crippen LogP contribution < -0.4 is 5.32 Å². The number of carbonyl (C=O) groups excluding carboxylic acids is 1. The second-order valence-corrected chi connectivity index (χ2v) is 7.06. The molecular formula is C17H12ClNO5S. The molecule has 0 unspecified atom stereocenters. The molecule has 0 radical (unpaired) electrons. The Labute approximate surface area is 148 Å². The molecule has 3 N–H and O–H groups in total. The highest BCUT2D eigenvalue weighted by atomic mass is 35.5. The fraction of sp³-hybridized carbons (Fsp3) is 0. The molecule has 3 aromatic carbocycles. The summed E-state index contributed by atoms with van der Waals surface area (Å²) in [4.78, 5) is 12.1. The molecule has 6 nitrogen and oxygen atoms in total. The van der Waals surface area contributed by atoms with Crippen molar-refractivity contribution >= 4 is 44.1 Å². The van der Waals surface area contributed by atoms with E-state index < -0.39 is 16.0 Å². The van der Waals surface area contributed by atoms with Gasteiger partial charge in [0.25, 0.3) is 16.0 Å². The smallest absolute Gasteiger partial charge is 0.294 e. The van der Waals surface area contributed by atoms with Crippen molar-refractivity contribution in [2.75, 3.05) is 5.32 Å². The Bertz CT molecular complexity index is 1100. The van der Waals surface area contributed by atoms with Gasteiger partial charge in [-0.25, -0.2) is 0 Å². The summed E-state index contributed by atoms with van der Waals surface area (Å²) >= 11 is 6.12. The fourth-order valence-electron chi connectivity index (χ4n) is 2.40. The highest BCUT2D eigenvalue weighted by Gasteiger charge is 2.18. The lowest BCUT2D eigenvalue weighted by molar-refractivity contribution is 0.102. The minimum Gasteiger partial charge on any atom is -0.506 e. The summed E-state index contributed by atoms with van der Waals surface area (Å²) in [7, 11) is -4.39. The van der Waals surface area contributed by atoms with Crippen LogP contribution in [0, 0.1) is 0 Å². The number of aromatic hydroxyl groups is 1. The Hall–Kier alpha value is -2.61. The van der Waals surface area contributed by atoms with E-state index in [-0.39, 0.29) is 26.9 Å². The molecule has 3 aromatic rings. The van der Waals surface area contributed by atoms with Crippen LogP contribution in [0.2, 0.25) is 5.02 Å². The van der Waals surface area contributed by atoms with Gasteiger partial charge in [0.15, 0.2) is 0 Å². The number of anilines is 1. The second kappa shape index (κ2) is 6.36.